The molecule has 0 radical (unpaired) electrons. The molecule has 1 aliphatic carbocycles. The van der Waals surface area contributed by atoms with E-state index in [2.05, 4.69) is 31.7 Å². The molecule has 0 N–H and O–H groups in total. The summed E-state index contributed by atoms with van der Waals surface area (Å²) in [5, 5.41) is 0. The van der Waals surface area contributed by atoms with Crippen LogP contribution in [0.25, 0.3) is 0 Å². The Kier molecular flexibility index (Phi) is 4.01. The molecule has 0 bridgehead atoms. The third kappa shape index (κ3) is 2.72. The lowest BCUT2D eigenvalue weighted by molar-refractivity contribution is 0.187. The minimum Gasteiger partial charge on any atom is -0.354 e. The Morgan fingerprint density at radius 2 is 1.77 bits per heavy atom. The van der Waals surface area contributed by atoms with Crippen LogP contribution in [0.1, 0.15) is 36.9 Å². The first-order valence-corrected chi connectivity index (χ1v) is 8.81. The molecule has 1 saturated heterocycles. The summed E-state index contributed by atoms with van der Waals surface area (Å²) in [4.78, 5) is 16.7. The van der Waals surface area contributed by atoms with Gasteiger partial charge in [-0.15, -0.1) is 0 Å². The van der Waals surface area contributed by atoms with E-state index in [-0.39, 0.29) is 0 Å². The van der Waals surface area contributed by atoms with Gasteiger partial charge in [0.15, 0.2) is 0 Å². The second kappa shape index (κ2) is 6.13. The fraction of sp³-hybridized carbons (Fsp3) is 0.765. The predicted molar refractivity (Wildman–Crippen MR) is 88.1 cm³/mol. The maximum Gasteiger partial charge on any atom is 0.136 e. The average molecular weight is 301 g/mol. The summed E-state index contributed by atoms with van der Waals surface area (Å²) in [6.07, 6.45) is 8.50. The van der Waals surface area contributed by atoms with Crippen molar-refractivity contribution in [1.82, 2.24) is 19.8 Å². The van der Waals surface area contributed by atoms with E-state index in [0.29, 0.717) is 0 Å². The van der Waals surface area contributed by atoms with Gasteiger partial charge in [0.25, 0.3) is 0 Å². The van der Waals surface area contributed by atoms with E-state index >= 15 is 0 Å². The zero-order valence-corrected chi connectivity index (χ0v) is 13.7. The highest BCUT2D eigenvalue weighted by atomic mass is 15.3. The lowest BCUT2D eigenvalue weighted by atomic mass is 10.1. The number of hydrogen-bond donors (Lipinski definition) is 0. The maximum absolute atomic E-state index is 4.64. The number of aromatic nitrogens is 2. The fourth-order valence-electron chi connectivity index (χ4n) is 4.30. The summed E-state index contributed by atoms with van der Waals surface area (Å²) in [6, 6.07) is 0.854. The van der Waals surface area contributed by atoms with E-state index in [9.17, 15) is 0 Å². The Morgan fingerprint density at radius 3 is 2.55 bits per heavy atom. The molecule has 1 aromatic rings. The van der Waals surface area contributed by atoms with Crippen molar-refractivity contribution in [2.45, 2.75) is 44.7 Å². The van der Waals surface area contributed by atoms with Crippen molar-refractivity contribution in [3.8, 4) is 0 Å². The van der Waals surface area contributed by atoms with E-state index in [1.54, 1.807) is 6.33 Å². The number of anilines is 1. The zero-order valence-electron chi connectivity index (χ0n) is 13.7. The topological polar surface area (TPSA) is 35.5 Å². The van der Waals surface area contributed by atoms with Crippen LogP contribution in [0.3, 0.4) is 0 Å². The van der Waals surface area contributed by atoms with Crippen LogP contribution in [-0.4, -0.2) is 65.6 Å². The first-order valence-electron chi connectivity index (χ1n) is 8.81. The number of rotatable bonds is 2. The molecule has 120 valence electrons. The number of hydrogen-bond acceptors (Lipinski definition) is 5. The summed E-state index contributed by atoms with van der Waals surface area (Å²) < 4.78 is 0. The van der Waals surface area contributed by atoms with Crippen molar-refractivity contribution in [2.75, 3.05) is 44.7 Å². The van der Waals surface area contributed by atoms with Crippen molar-refractivity contribution in [1.29, 1.82) is 0 Å². The smallest absolute Gasteiger partial charge is 0.136 e. The lowest BCUT2D eigenvalue weighted by Gasteiger charge is -2.40. The summed E-state index contributed by atoms with van der Waals surface area (Å²) in [5.74, 6) is 1.20. The first kappa shape index (κ1) is 14.4. The summed E-state index contributed by atoms with van der Waals surface area (Å²) in [5.41, 5.74) is 2.63. The van der Waals surface area contributed by atoms with Crippen LogP contribution in [-0.2, 0) is 13.0 Å². The van der Waals surface area contributed by atoms with E-state index in [0.717, 1.165) is 38.6 Å². The lowest BCUT2D eigenvalue weighted by Crippen LogP contribution is -2.50. The van der Waals surface area contributed by atoms with Gasteiger partial charge in [0.2, 0.25) is 0 Å². The van der Waals surface area contributed by atoms with Crippen LogP contribution in [0.2, 0.25) is 0 Å². The molecule has 0 unspecified atom stereocenters. The van der Waals surface area contributed by atoms with Gasteiger partial charge in [-0.2, -0.15) is 0 Å². The molecular weight excluding hydrogens is 274 g/mol. The van der Waals surface area contributed by atoms with Crippen LogP contribution in [0, 0.1) is 0 Å². The molecule has 0 aromatic carbocycles. The highest BCUT2D eigenvalue weighted by Crippen LogP contribution is 2.28. The molecule has 5 heteroatoms. The van der Waals surface area contributed by atoms with Gasteiger partial charge < -0.3 is 9.80 Å². The Labute approximate surface area is 133 Å². The summed E-state index contributed by atoms with van der Waals surface area (Å²) in [6.45, 7) is 6.72. The van der Waals surface area contributed by atoms with Gasteiger partial charge in [-0.1, -0.05) is 12.8 Å². The molecular formula is C17H27N5. The molecule has 2 aliphatic heterocycles. The first-order chi connectivity index (χ1) is 10.8. The number of fused-ring (bicyclic) bond motifs is 1. The van der Waals surface area contributed by atoms with Crippen molar-refractivity contribution in [2.24, 2.45) is 0 Å². The van der Waals surface area contributed by atoms with E-state index in [1.165, 1.54) is 55.8 Å². The van der Waals surface area contributed by atoms with Crippen molar-refractivity contribution < 1.29 is 0 Å². The van der Waals surface area contributed by atoms with Crippen LogP contribution >= 0.6 is 0 Å². The Balaban J connectivity index is 1.47. The molecule has 5 nitrogen and oxygen atoms in total. The third-order valence-corrected chi connectivity index (χ3v) is 5.63. The largest absolute Gasteiger partial charge is 0.354 e. The van der Waals surface area contributed by atoms with Crippen molar-refractivity contribution in [3.63, 3.8) is 0 Å². The highest BCUT2D eigenvalue weighted by molar-refractivity contribution is 5.49. The SMILES string of the molecule is CN1CCc2ncnc(N3CCN(C4CCCC4)CC3)c2C1. The Bertz CT molecular complexity index is 518. The number of piperazine rings is 1. The number of likely N-dealkylation sites (N-methyl/N-ethyl adjacent to an activating group) is 1. The van der Waals surface area contributed by atoms with Crippen LogP contribution in [0.4, 0.5) is 5.82 Å². The molecule has 0 spiro atoms. The fourth-order valence-corrected chi connectivity index (χ4v) is 4.30. The van der Waals surface area contributed by atoms with Gasteiger partial charge >= 0.3 is 0 Å². The van der Waals surface area contributed by atoms with Gasteiger partial charge in [0.05, 0.1) is 5.69 Å². The van der Waals surface area contributed by atoms with Gasteiger partial charge in [-0.3, -0.25) is 4.90 Å². The van der Waals surface area contributed by atoms with Gasteiger partial charge in [-0.05, 0) is 19.9 Å². The molecule has 3 heterocycles. The van der Waals surface area contributed by atoms with E-state index in [1.807, 2.05) is 0 Å². The average Bonchev–Trinajstić information content (AvgIpc) is 3.09. The number of nitrogens with zero attached hydrogens (tertiary/aromatic N) is 5. The predicted octanol–water partition coefficient (Wildman–Crippen LogP) is 1.53. The van der Waals surface area contributed by atoms with Crippen molar-refractivity contribution >= 4 is 5.82 Å². The zero-order chi connectivity index (χ0) is 14.9. The normalized spacial score (nSPS) is 24.7. The second-order valence-electron chi connectivity index (χ2n) is 7.07. The van der Waals surface area contributed by atoms with Gasteiger partial charge in [0, 0.05) is 57.3 Å². The molecule has 4 rings (SSSR count). The summed E-state index contributed by atoms with van der Waals surface area (Å²) >= 11 is 0. The van der Waals surface area contributed by atoms with E-state index < -0.39 is 0 Å². The molecule has 1 aromatic heterocycles. The molecule has 0 atom stereocenters. The Morgan fingerprint density at radius 1 is 1.00 bits per heavy atom. The highest BCUT2D eigenvalue weighted by Gasteiger charge is 2.28. The maximum atomic E-state index is 4.64. The van der Waals surface area contributed by atoms with Gasteiger partial charge in [-0.25, -0.2) is 9.97 Å². The van der Waals surface area contributed by atoms with Gasteiger partial charge in [0.1, 0.15) is 12.1 Å². The third-order valence-electron chi connectivity index (χ3n) is 5.63. The second-order valence-corrected chi connectivity index (χ2v) is 7.07. The molecule has 1 saturated carbocycles. The minimum absolute atomic E-state index is 0.854. The minimum atomic E-state index is 0.854. The Hall–Kier alpha value is -1.20. The molecule has 3 aliphatic rings. The van der Waals surface area contributed by atoms with Crippen LogP contribution < -0.4 is 4.90 Å². The quantitative estimate of drug-likeness (QED) is 0.828. The standard InChI is InChI=1S/C17H27N5/c1-20-7-6-16-15(12-20)17(19-13-18-16)22-10-8-21(9-11-22)14-4-2-3-5-14/h13-14H,2-12H2,1H3. The van der Waals surface area contributed by atoms with Crippen LogP contribution in [0.5, 0.6) is 0 Å². The summed E-state index contributed by atoms with van der Waals surface area (Å²) in [7, 11) is 2.19. The molecule has 0 amide bonds. The van der Waals surface area contributed by atoms with Crippen molar-refractivity contribution in [3.05, 3.63) is 17.6 Å². The van der Waals surface area contributed by atoms with Crippen LogP contribution in [0.15, 0.2) is 6.33 Å². The molecule has 22 heavy (non-hydrogen) atoms. The molecule has 2 fully saturated rings. The monoisotopic (exact) mass is 301 g/mol. The van der Waals surface area contributed by atoms with E-state index in [4.69, 9.17) is 0 Å².